The zero-order chi connectivity index (χ0) is 19.8. The normalized spacial score (nSPS) is 14.9. The lowest BCUT2D eigenvalue weighted by atomic mass is 10.0. The largest absolute Gasteiger partial charge is 0.493 e. The van der Waals surface area contributed by atoms with Crippen LogP contribution in [0, 0.1) is 5.92 Å². The highest BCUT2D eigenvalue weighted by molar-refractivity contribution is 5.80. The standard InChI is InChI=1S/C21H32N2O4/c1-5-17(6-2)21(25)23-11-7-10-22(12-13-23)20(24)15-16-8-9-18(26-3)19(14-16)27-4/h8-9,14,17H,5-7,10-13,15H2,1-4H3. The lowest BCUT2D eigenvalue weighted by molar-refractivity contribution is -0.136. The number of nitrogens with zero attached hydrogens (tertiary/aromatic N) is 2. The van der Waals surface area contributed by atoms with Gasteiger partial charge < -0.3 is 19.3 Å². The van der Waals surface area contributed by atoms with Gasteiger partial charge in [0.05, 0.1) is 20.6 Å². The molecule has 0 bridgehead atoms. The molecule has 1 saturated heterocycles. The van der Waals surface area contributed by atoms with E-state index < -0.39 is 0 Å². The molecule has 1 heterocycles. The van der Waals surface area contributed by atoms with Crippen molar-refractivity contribution in [3.63, 3.8) is 0 Å². The van der Waals surface area contributed by atoms with E-state index in [1.807, 2.05) is 28.0 Å². The highest BCUT2D eigenvalue weighted by Gasteiger charge is 2.25. The first-order valence-electron chi connectivity index (χ1n) is 9.81. The Morgan fingerprint density at radius 3 is 2.22 bits per heavy atom. The topological polar surface area (TPSA) is 59.1 Å². The number of carbonyl (C=O) groups excluding carboxylic acids is 2. The molecule has 0 N–H and O–H groups in total. The third-order valence-corrected chi connectivity index (χ3v) is 5.30. The summed E-state index contributed by atoms with van der Waals surface area (Å²) in [6.07, 6.45) is 2.88. The molecule has 0 unspecified atom stereocenters. The second-order valence-corrected chi connectivity index (χ2v) is 6.94. The molecule has 0 aromatic heterocycles. The van der Waals surface area contributed by atoms with Gasteiger partial charge in [-0.1, -0.05) is 19.9 Å². The molecule has 1 aromatic carbocycles. The van der Waals surface area contributed by atoms with E-state index in [2.05, 4.69) is 13.8 Å². The first-order valence-corrected chi connectivity index (χ1v) is 9.81. The summed E-state index contributed by atoms with van der Waals surface area (Å²) in [6.45, 7) is 6.75. The molecule has 6 nitrogen and oxygen atoms in total. The highest BCUT2D eigenvalue weighted by atomic mass is 16.5. The zero-order valence-electron chi connectivity index (χ0n) is 17.0. The van der Waals surface area contributed by atoms with Gasteiger partial charge in [-0.15, -0.1) is 0 Å². The van der Waals surface area contributed by atoms with Crippen LogP contribution in [0.5, 0.6) is 11.5 Å². The summed E-state index contributed by atoms with van der Waals surface area (Å²) in [5.41, 5.74) is 0.895. The van der Waals surface area contributed by atoms with Crippen LogP contribution >= 0.6 is 0 Å². The number of methoxy groups -OCH3 is 2. The molecular formula is C21H32N2O4. The predicted molar refractivity (Wildman–Crippen MR) is 105 cm³/mol. The summed E-state index contributed by atoms with van der Waals surface area (Å²) in [7, 11) is 3.18. The quantitative estimate of drug-likeness (QED) is 0.734. The van der Waals surface area contributed by atoms with Gasteiger partial charge in [-0.3, -0.25) is 9.59 Å². The molecule has 1 aliphatic rings. The molecule has 0 spiro atoms. The fourth-order valence-corrected chi connectivity index (χ4v) is 3.56. The van der Waals surface area contributed by atoms with Crippen molar-refractivity contribution in [2.45, 2.75) is 39.5 Å². The van der Waals surface area contributed by atoms with Crippen molar-refractivity contribution in [1.82, 2.24) is 9.80 Å². The first-order chi connectivity index (χ1) is 13.0. The molecule has 1 fully saturated rings. The van der Waals surface area contributed by atoms with Gasteiger partial charge in [-0.2, -0.15) is 0 Å². The average Bonchev–Trinajstić information content (AvgIpc) is 2.95. The Labute approximate surface area is 162 Å². The number of hydrogen-bond acceptors (Lipinski definition) is 4. The third-order valence-electron chi connectivity index (χ3n) is 5.30. The van der Waals surface area contributed by atoms with Crippen molar-refractivity contribution in [2.24, 2.45) is 5.92 Å². The van der Waals surface area contributed by atoms with Gasteiger partial charge >= 0.3 is 0 Å². The van der Waals surface area contributed by atoms with Gasteiger partial charge in [-0.05, 0) is 37.0 Å². The summed E-state index contributed by atoms with van der Waals surface area (Å²) in [5.74, 6) is 1.69. The fraction of sp³-hybridized carbons (Fsp3) is 0.619. The summed E-state index contributed by atoms with van der Waals surface area (Å²) in [4.78, 5) is 29.2. The minimum absolute atomic E-state index is 0.0825. The van der Waals surface area contributed by atoms with E-state index in [1.54, 1.807) is 14.2 Å². The van der Waals surface area contributed by atoms with Crippen LogP contribution < -0.4 is 9.47 Å². The smallest absolute Gasteiger partial charge is 0.227 e. The molecule has 1 aromatic rings. The van der Waals surface area contributed by atoms with Gasteiger partial charge in [0.25, 0.3) is 0 Å². The SMILES string of the molecule is CCC(CC)C(=O)N1CCCN(C(=O)Cc2ccc(OC)c(OC)c2)CC1. The summed E-state index contributed by atoms with van der Waals surface area (Å²) in [6, 6.07) is 5.55. The summed E-state index contributed by atoms with van der Waals surface area (Å²) >= 11 is 0. The molecule has 0 atom stereocenters. The number of hydrogen-bond donors (Lipinski definition) is 0. The van der Waals surface area contributed by atoms with E-state index in [9.17, 15) is 9.59 Å². The fourth-order valence-electron chi connectivity index (χ4n) is 3.56. The van der Waals surface area contributed by atoms with Gasteiger partial charge in [0.2, 0.25) is 11.8 Å². The summed E-state index contributed by atoms with van der Waals surface area (Å²) in [5, 5.41) is 0. The Kier molecular flexibility index (Phi) is 7.95. The first kappa shape index (κ1) is 21.1. The van der Waals surface area contributed by atoms with Crippen LogP contribution in [0.4, 0.5) is 0 Å². The van der Waals surface area contributed by atoms with E-state index >= 15 is 0 Å². The van der Waals surface area contributed by atoms with Crippen molar-refractivity contribution in [2.75, 3.05) is 40.4 Å². The Hall–Kier alpha value is -2.24. The minimum Gasteiger partial charge on any atom is -0.493 e. The number of benzene rings is 1. The van der Waals surface area contributed by atoms with E-state index in [1.165, 1.54) is 0 Å². The number of rotatable bonds is 7. The molecule has 27 heavy (non-hydrogen) atoms. The summed E-state index contributed by atoms with van der Waals surface area (Å²) < 4.78 is 10.6. The van der Waals surface area contributed by atoms with Crippen molar-refractivity contribution in [3.05, 3.63) is 23.8 Å². The maximum absolute atomic E-state index is 12.7. The lowest BCUT2D eigenvalue weighted by Crippen LogP contribution is -2.40. The number of amides is 2. The van der Waals surface area contributed by atoms with Crippen molar-refractivity contribution < 1.29 is 19.1 Å². The van der Waals surface area contributed by atoms with Gasteiger partial charge in [0, 0.05) is 32.1 Å². The van der Waals surface area contributed by atoms with E-state index in [0.29, 0.717) is 37.6 Å². The van der Waals surface area contributed by atoms with Crippen LogP contribution in [0.15, 0.2) is 18.2 Å². The Balaban J connectivity index is 1.97. The minimum atomic E-state index is 0.0825. The zero-order valence-corrected chi connectivity index (χ0v) is 17.0. The molecule has 0 radical (unpaired) electrons. The van der Waals surface area contributed by atoms with E-state index in [-0.39, 0.29) is 17.7 Å². The van der Waals surface area contributed by atoms with Crippen molar-refractivity contribution >= 4 is 11.8 Å². The van der Waals surface area contributed by atoms with Gasteiger partial charge in [0.1, 0.15) is 0 Å². The van der Waals surface area contributed by atoms with E-state index in [4.69, 9.17) is 9.47 Å². The Morgan fingerprint density at radius 2 is 1.59 bits per heavy atom. The highest BCUT2D eigenvalue weighted by Crippen LogP contribution is 2.28. The molecule has 2 rings (SSSR count). The molecule has 1 aliphatic heterocycles. The molecule has 0 saturated carbocycles. The monoisotopic (exact) mass is 376 g/mol. The Morgan fingerprint density at radius 1 is 0.963 bits per heavy atom. The van der Waals surface area contributed by atoms with Crippen LogP contribution in [0.25, 0.3) is 0 Å². The molecular weight excluding hydrogens is 344 g/mol. The lowest BCUT2D eigenvalue weighted by Gasteiger charge is -2.25. The van der Waals surface area contributed by atoms with Gasteiger partial charge in [-0.25, -0.2) is 0 Å². The third kappa shape index (κ3) is 5.37. The molecule has 2 amide bonds. The number of carbonyl (C=O) groups is 2. The second kappa shape index (κ2) is 10.2. The maximum Gasteiger partial charge on any atom is 0.227 e. The van der Waals surface area contributed by atoms with Crippen LogP contribution in [0.3, 0.4) is 0 Å². The molecule has 6 heteroatoms. The van der Waals surface area contributed by atoms with Crippen LogP contribution in [0.2, 0.25) is 0 Å². The molecule has 150 valence electrons. The maximum atomic E-state index is 12.7. The van der Waals surface area contributed by atoms with E-state index in [0.717, 1.165) is 31.4 Å². The number of ether oxygens (including phenoxy) is 2. The Bertz CT molecular complexity index is 643. The van der Waals surface area contributed by atoms with Gasteiger partial charge in [0.15, 0.2) is 11.5 Å². The van der Waals surface area contributed by atoms with Crippen molar-refractivity contribution in [3.8, 4) is 11.5 Å². The van der Waals surface area contributed by atoms with Crippen LogP contribution in [0.1, 0.15) is 38.7 Å². The average molecular weight is 376 g/mol. The van der Waals surface area contributed by atoms with Crippen LogP contribution in [-0.2, 0) is 16.0 Å². The van der Waals surface area contributed by atoms with Crippen molar-refractivity contribution in [1.29, 1.82) is 0 Å². The predicted octanol–water partition coefficient (Wildman–Crippen LogP) is 2.74. The molecule has 0 aliphatic carbocycles. The van der Waals surface area contributed by atoms with Crippen LogP contribution in [-0.4, -0.2) is 62.0 Å². The second-order valence-electron chi connectivity index (χ2n) is 6.94.